The molecule has 1 saturated carbocycles. The average molecular weight is 359 g/mol. The van der Waals surface area contributed by atoms with E-state index in [1.165, 1.54) is 42.5 Å². The third-order valence-corrected chi connectivity index (χ3v) is 6.71. The SMILES string of the molecule is C[C@@H]1CCCC[C@@H]1NC(=O)COc1ncnc2sc3c(c12)CCCC3. The summed E-state index contributed by atoms with van der Waals surface area (Å²) in [5.41, 5.74) is 1.34. The van der Waals surface area contributed by atoms with Gasteiger partial charge in [0.25, 0.3) is 5.91 Å². The first-order valence-corrected chi connectivity index (χ1v) is 10.2. The van der Waals surface area contributed by atoms with Gasteiger partial charge < -0.3 is 10.1 Å². The van der Waals surface area contributed by atoms with E-state index < -0.39 is 0 Å². The van der Waals surface area contributed by atoms with E-state index in [0.29, 0.717) is 11.8 Å². The van der Waals surface area contributed by atoms with Crippen LogP contribution in [0.2, 0.25) is 0 Å². The molecule has 0 radical (unpaired) electrons. The van der Waals surface area contributed by atoms with Gasteiger partial charge in [-0.05, 0) is 50.0 Å². The minimum absolute atomic E-state index is 0.0277. The molecule has 0 aromatic carbocycles. The van der Waals surface area contributed by atoms with E-state index in [1.807, 2.05) is 0 Å². The molecule has 2 aromatic heterocycles. The minimum Gasteiger partial charge on any atom is -0.467 e. The highest BCUT2D eigenvalue weighted by atomic mass is 32.1. The van der Waals surface area contributed by atoms with Crippen molar-refractivity contribution in [3.63, 3.8) is 0 Å². The number of aryl methyl sites for hydroxylation is 2. The Morgan fingerprint density at radius 3 is 2.96 bits per heavy atom. The van der Waals surface area contributed by atoms with Crippen LogP contribution in [0.15, 0.2) is 6.33 Å². The minimum atomic E-state index is -0.0467. The first-order valence-electron chi connectivity index (χ1n) is 9.40. The predicted octanol–water partition coefficient (Wildman–Crippen LogP) is 3.64. The van der Waals surface area contributed by atoms with Crippen LogP contribution in [0.25, 0.3) is 10.2 Å². The van der Waals surface area contributed by atoms with Crippen molar-refractivity contribution in [2.45, 2.75) is 64.3 Å². The fourth-order valence-electron chi connectivity index (χ4n) is 4.08. The summed E-state index contributed by atoms with van der Waals surface area (Å²) >= 11 is 1.75. The largest absolute Gasteiger partial charge is 0.467 e. The lowest BCUT2D eigenvalue weighted by Gasteiger charge is -2.29. The first kappa shape index (κ1) is 16.8. The van der Waals surface area contributed by atoms with E-state index in [1.54, 1.807) is 17.7 Å². The van der Waals surface area contributed by atoms with E-state index in [2.05, 4.69) is 22.2 Å². The third-order valence-electron chi connectivity index (χ3n) is 5.51. The zero-order valence-corrected chi connectivity index (χ0v) is 15.5. The number of nitrogens with one attached hydrogen (secondary N) is 1. The lowest BCUT2D eigenvalue weighted by Crippen LogP contribution is -2.43. The topological polar surface area (TPSA) is 64.1 Å². The van der Waals surface area contributed by atoms with Crippen LogP contribution in [0.5, 0.6) is 5.88 Å². The second kappa shape index (κ2) is 7.28. The van der Waals surface area contributed by atoms with Gasteiger partial charge in [-0.2, -0.15) is 0 Å². The Morgan fingerprint density at radius 2 is 2.08 bits per heavy atom. The number of rotatable bonds is 4. The Balaban J connectivity index is 1.46. The van der Waals surface area contributed by atoms with Crippen LogP contribution in [0.3, 0.4) is 0 Å². The Hall–Kier alpha value is -1.69. The molecule has 4 rings (SSSR count). The van der Waals surface area contributed by atoms with Crippen LogP contribution in [-0.4, -0.2) is 28.5 Å². The quantitative estimate of drug-likeness (QED) is 0.905. The second-order valence-corrected chi connectivity index (χ2v) is 8.38. The van der Waals surface area contributed by atoms with Gasteiger partial charge in [-0.3, -0.25) is 4.79 Å². The van der Waals surface area contributed by atoms with Gasteiger partial charge in [-0.1, -0.05) is 19.8 Å². The number of ether oxygens (including phenoxy) is 1. The fraction of sp³-hybridized carbons (Fsp3) is 0.632. The summed E-state index contributed by atoms with van der Waals surface area (Å²) in [7, 11) is 0. The van der Waals surface area contributed by atoms with Gasteiger partial charge >= 0.3 is 0 Å². The summed E-state index contributed by atoms with van der Waals surface area (Å²) in [4.78, 5) is 23.4. The van der Waals surface area contributed by atoms with Crippen LogP contribution in [0, 0.1) is 5.92 Å². The highest BCUT2D eigenvalue weighted by Crippen LogP contribution is 2.38. The van der Waals surface area contributed by atoms with E-state index in [9.17, 15) is 4.79 Å². The highest BCUT2D eigenvalue weighted by molar-refractivity contribution is 7.18. The van der Waals surface area contributed by atoms with Gasteiger partial charge in [0.05, 0.1) is 5.39 Å². The summed E-state index contributed by atoms with van der Waals surface area (Å²) in [6, 6.07) is 0.282. The number of nitrogens with zero attached hydrogens (tertiary/aromatic N) is 2. The molecule has 1 amide bonds. The Morgan fingerprint density at radius 1 is 1.24 bits per heavy atom. The van der Waals surface area contributed by atoms with E-state index in [4.69, 9.17) is 4.74 Å². The lowest BCUT2D eigenvalue weighted by atomic mass is 9.86. The number of carbonyl (C=O) groups is 1. The zero-order valence-electron chi connectivity index (χ0n) is 14.7. The monoisotopic (exact) mass is 359 g/mol. The maximum atomic E-state index is 12.3. The van der Waals surface area contributed by atoms with E-state index in [-0.39, 0.29) is 18.6 Å². The molecule has 2 aliphatic rings. The maximum absolute atomic E-state index is 12.3. The average Bonchev–Trinajstić information content (AvgIpc) is 3.01. The summed E-state index contributed by atoms with van der Waals surface area (Å²) in [5.74, 6) is 1.07. The Bertz CT molecular complexity index is 773. The molecular weight excluding hydrogens is 334 g/mol. The number of carbonyl (C=O) groups excluding carboxylic acids is 1. The number of amides is 1. The van der Waals surface area contributed by atoms with Crippen LogP contribution < -0.4 is 10.1 Å². The van der Waals surface area contributed by atoms with Crippen molar-refractivity contribution in [3.8, 4) is 5.88 Å². The number of hydrogen-bond acceptors (Lipinski definition) is 5. The molecule has 2 heterocycles. The van der Waals surface area contributed by atoms with Crippen LogP contribution in [-0.2, 0) is 17.6 Å². The van der Waals surface area contributed by atoms with E-state index >= 15 is 0 Å². The van der Waals surface area contributed by atoms with Crippen molar-refractivity contribution >= 4 is 27.5 Å². The van der Waals surface area contributed by atoms with E-state index in [0.717, 1.165) is 29.5 Å². The molecule has 0 aliphatic heterocycles. The molecule has 2 aliphatic carbocycles. The predicted molar refractivity (Wildman–Crippen MR) is 99.1 cm³/mol. The molecule has 5 nitrogen and oxygen atoms in total. The zero-order chi connectivity index (χ0) is 17.2. The third kappa shape index (κ3) is 3.50. The van der Waals surface area contributed by atoms with Crippen LogP contribution in [0.1, 0.15) is 55.9 Å². The Labute approximate surface area is 152 Å². The van der Waals surface area contributed by atoms with Gasteiger partial charge in [0.2, 0.25) is 5.88 Å². The lowest BCUT2D eigenvalue weighted by molar-refractivity contribution is -0.124. The molecule has 2 atom stereocenters. The smallest absolute Gasteiger partial charge is 0.258 e. The summed E-state index contributed by atoms with van der Waals surface area (Å²) in [6.45, 7) is 2.25. The molecule has 1 fully saturated rings. The molecule has 1 N–H and O–H groups in total. The summed E-state index contributed by atoms with van der Waals surface area (Å²) < 4.78 is 5.83. The Kier molecular flexibility index (Phi) is 4.88. The molecule has 134 valence electrons. The number of fused-ring (bicyclic) bond motifs is 3. The van der Waals surface area contributed by atoms with Crippen molar-refractivity contribution in [2.24, 2.45) is 5.92 Å². The van der Waals surface area contributed by atoms with Crippen molar-refractivity contribution in [3.05, 3.63) is 16.8 Å². The standard InChI is InChI=1S/C19H25N3O2S/c1-12-6-2-4-8-14(12)22-16(23)10-24-18-17-13-7-3-5-9-15(13)25-19(17)21-11-20-18/h11-12,14H,2-10H2,1H3,(H,22,23)/t12-,14+/m1/s1. The summed E-state index contributed by atoms with van der Waals surface area (Å²) in [6.07, 6.45) is 10.9. The maximum Gasteiger partial charge on any atom is 0.258 e. The molecule has 0 saturated heterocycles. The van der Waals surface area contributed by atoms with Gasteiger partial charge in [0, 0.05) is 10.9 Å². The molecule has 25 heavy (non-hydrogen) atoms. The fourth-order valence-corrected chi connectivity index (χ4v) is 5.30. The van der Waals surface area contributed by atoms with Gasteiger partial charge in [0.1, 0.15) is 11.2 Å². The summed E-state index contributed by atoms with van der Waals surface area (Å²) in [5, 5.41) is 4.17. The molecule has 0 spiro atoms. The second-order valence-electron chi connectivity index (χ2n) is 7.29. The molecular formula is C19H25N3O2S. The van der Waals surface area contributed by atoms with Crippen LogP contribution >= 0.6 is 11.3 Å². The van der Waals surface area contributed by atoms with Crippen molar-refractivity contribution < 1.29 is 9.53 Å². The van der Waals surface area contributed by atoms with Crippen LogP contribution in [0.4, 0.5) is 0 Å². The first-order chi connectivity index (χ1) is 12.2. The van der Waals surface area contributed by atoms with Gasteiger partial charge in [-0.15, -0.1) is 11.3 Å². The number of aromatic nitrogens is 2. The molecule has 2 aromatic rings. The van der Waals surface area contributed by atoms with Gasteiger partial charge in [-0.25, -0.2) is 9.97 Å². The normalized spacial score (nSPS) is 23.2. The van der Waals surface area contributed by atoms with Gasteiger partial charge in [0.15, 0.2) is 6.61 Å². The highest BCUT2D eigenvalue weighted by Gasteiger charge is 2.24. The number of hydrogen-bond donors (Lipinski definition) is 1. The molecule has 0 unspecified atom stereocenters. The van der Waals surface area contributed by atoms with Crippen molar-refractivity contribution in [1.82, 2.24) is 15.3 Å². The van der Waals surface area contributed by atoms with Crippen molar-refractivity contribution in [2.75, 3.05) is 6.61 Å². The molecule has 0 bridgehead atoms. The van der Waals surface area contributed by atoms with Crippen molar-refractivity contribution in [1.29, 1.82) is 0 Å². The molecule has 6 heteroatoms. The number of thiophene rings is 1.